The fourth-order valence-electron chi connectivity index (χ4n) is 6.60. The van der Waals surface area contributed by atoms with Crippen molar-refractivity contribution in [2.45, 2.75) is 65.7 Å². The van der Waals surface area contributed by atoms with Gasteiger partial charge >= 0.3 is 0 Å². The van der Waals surface area contributed by atoms with Crippen LogP contribution in [0.5, 0.6) is 0 Å². The number of anilines is 2. The number of benzene rings is 2. The molecule has 2 aliphatic heterocycles. The number of rotatable bonds is 17. The topological polar surface area (TPSA) is 80.6 Å². The van der Waals surface area contributed by atoms with Crippen molar-refractivity contribution in [3.05, 3.63) is 88.8 Å². The van der Waals surface area contributed by atoms with E-state index in [0.29, 0.717) is 13.2 Å². The first-order valence-electron chi connectivity index (χ1n) is 18.3. The van der Waals surface area contributed by atoms with E-state index < -0.39 is 0 Å². The molecule has 3 aromatic rings. The largest absolute Gasteiger partial charge is 0.411 e. The van der Waals surface area contributed by atoms with Crippen LogP contribution in [0.2, 0.25) is 0 Å². The van der Waals surface area contributed by atoms with E-state index in [0.717, 1.165) is 115 Å². The quantitative estimate of drug-likeness (QED) is 0.0585. The summed E-state index contributed by atoms with van der Waals surface area (Å²) < 4.78 is 13.9. The molecule has 2 aliphatic rings. The van der Waals surface area contributed by atoms with E-state index in [2.05, 4.69) is 97.3 Å². The highest BCUT2D eigenvalue weighted by molar-refractivity contribution is 5.94. The van der Waals surface area contributed by atoms with Crippen LogP contribution >= 0.6 is 0 Å². The van der Waals surface area contributed by atoms with Gasteiger partial charge in [0.1, 0.15) is 12.4 Å². The number of piperazine rings is 2. The highest BCUT2D eigenvalue weighted by Gasteiger charge is 2.19. The maximum Gasteiger partial charge on any atom is 0.165 e. The highest BCUT2D eigenvalue weighted by atomic mass is 16.5. The molecule has 0 unspecified atom stereocenters. The molecule has 49 heavy (non-hydrogen) atoms. The Morgan fingerprint density at radius 3 is 2.27 bits per heavy atom. The number of aryl methyl sites for hydroxylation is 3. The molecule has 9 nitrogen and oxygen atoms in total. The van der Waals surface area contributed by atoms with Crippen molar-refractivity contribution in [1.82, 2.24) is 10.1 Å². The molecule has 2 fully saturated rings. The third-order valence-electron chi connectivity index (χ3n) is 9.60. The van der Waals surface area contributed by atoms with Crippen LogP contribution in [0.15, 0.2) is 75.9 Å². The average molecular weight is 670 g/mol. The van der Waals surface area contributed by atoms with E-state index >= 15 is 0 Å². The lowest BCUT2D eigenvalue weighted by molar-refractivity contribution is -0.526. The van der Waals surface area contributed by atoms with Gasteiger partial charge in [-0.1, -0.05) is 52.1 Å². The van der Waals surface area contributed by atoms with Gasteiger partial charge in [-0.3, -0.25) is 4.90 Å². The van der Waals surface area contributed by atoms with E-state index in [1.165, 1.54) is 34.5 Å². The van der Waals surface area contributed by atoms with Gasteiger partial charge in [-0.2, -0.15) is 0 Å². The third-order valence-corrected chi connectivity index (χ3v) is 9.60. The molecule has 0 radical (unpaired) electrons. The number of hydrogen-bond acceptors (Lipinski definition) is 8. The molecule has 0 saturated carbocycles. The second kappa shape index (κ2) is 19.3. The fourth-order valence-corrected chi connectivity index (χ4v) is 6.60. The molecule has 2 aromatic carbocycles. The van der Waals surface area contributed by atoms with Gasteiger partial charge in [0, 0.05) is 56.5 Å². The zero-order chi connectivity index (χ0) is 34.3. The van der Waals surface area contributed by atoms with Crippen molar-refractivity contribution in [2.24, 2.45) is 5.16 Å². The molecule has 264 valence electrons. The van der Waals surface area contributed by atoms with E-state index in [-0.39, 0.29) is 0 Å². The second-order valence-electron chi connectivity index (χ2n) is 13.8. The first-order valence-corrected chi connectivity index (χ1v) is 18.3. The Labute approximate surface area is 293 Å². The van der Waals surface area contributed by atoms with Gasteiger partial charge in [-0.25, -0.2) is 4.58 Å². The van der Waals surface area contributed by atoms with Crippen LogP contribution in [-0.4, -0.2) is 104 Å². The van der Waals surface area contributed by atoms with E-state index in [4.69, 9.17) is 14.5 Å². The minimum Gasteiger partial charge on any atom is -0.411 e. The smallest absolute Gasteiger partial charge is 0.165 e. The van der Waals surface area contributed by atoms with Gasteiger partial charge < -0.3 is 24.3 Å². The van der Waals surface area contributed by atoms with Crippen LogP contribution in [0.25, 0.3) is 0 Å². The summed E-state index contributed by atoms with van der Waals surface area (Å²) in [5, 5.41) is 16.9. The summed E-state index contributed by atoms with van der Waals surface area (Å²) in [6.45, 7) is 17.1. The Morgan fingerprint density at radius 1 is 0.878 bits per heavy atom. The summed E-state index contributed by atoms with van der Waals surface area (Å²) in [6, 6.07) is 19.9. The van der Waals surface area contributed by atoms with E-state index in [1.54, 1.807) is 0 Å². The zero-order valence-electron chi connectivity index (χ0n) is 30.0. The van der Waals surface area contributed by atoms with Gasteiger partial charge in [0.2, 0.25) is 0 Å². The average Bonchev–Trinajstić information content (AvgIpc) is 3.58. The summed E-state index contributed by atoms with van der Waals surface area (Å²) in [6.07, 6.45) is 11.0. The van der Waals surface area contributed by atoms with E-state index in [1.807, 2.05) is 19.9 Å². The normalized spacial score (nSPS) is 15.9. The lowest BCUT2D eigenvalue weighted by Crippen LogP contribution is -2.46. The predicted molar refractivity (Wildman–Crippen MR) is 200 cm³/mol. The standard InChI is InChI=1S/C40H56N6O3/c1-33(2)31-36(41-47)7-5-4-6-19-43-20-24-46(25-21-43)39-15-10-35(11-16-39)12-17-40-32-37(42-49-40)18-29-48-30-28-44-22-26-45(27-23-44)38-13-8-34(3)9-14-38/h8-11,13-16,28,31-32H,4-7,12,17-27,29-30H2,1-3H3/p+1/b41-36-. The molecular weight excluding hydrogens is 612 g/mol. The Bertz CT molecular complexity index is 1490. The monoisotopic (exact) mass is 669 g/mol. The number of aromatic nitrogens is 1. The number of allylic oxidation sites excluding steroid dienone is 2. The van der Waals surface area contributed by atoms with E-state index in [9.17, 15) is 0 Å². The maximum absolute atomic E-state index is 9.15. The minimum atomic E-state index is 0.627. The molecule has 0 amide bonds. The number of nitrogens with zero attached hydrogens (tertiary/aromatic N) is 6. The SMILES string of the molecule is CC(C)=C/C(CCCCCN1CCN(c2ccc(CCc3cc(CCOCC=[N+]4CCN(c5ccc(C)cc5)CC4)no3)cc2)CC1)=N\O. The molecule has 3 heterocycles. The molecule has 1 aromatic heterocycles. The second-order valence-corrected chi connectivity index (χ2v) is 13.8. The first kappa shape index (κ1) is 36.3. The Balaban J connectivity index is 0.918. The van der Waals surface area contributed by atoms with Crippen LogP contribution in [-0.2, 0) is 24.0 Å². The highest BCUT2D eigenvalue weighted by Crippen LogP contribution is 2.20. The molecule has 0 spiro atoms. The zero-order valence-corrected chi connectivity index (χ0v) is 30.0. The molecule has 2 saturated heterocycles. The van der Waals surface area contributed by atoms with Crippen LogP contribution in [0, 0.1) is 6.92 Å². The molecular formula is C40H57N6O3+. The van der Waals surface area contributed by atoms with Crippen molar-refractivity contribution < 1.29 is 19.0 Å². The number of oxime groups is 1. The summed E-state index contributed by atoms with van der Waals surface area (Å²) in [7, 11) is 0. The molecule has 9 heteroatoms. The lowest BCUT2D eigenvalue weighted by Gasteiger charge is -2.36. The Hall–Kier alpha value is -3.95. The molecule has 0 atom stereocenters. The van der Waals surface area contributed by atoms with Gasteiger partial charge in [0.15, 0.2) is 19.3 Å². The van der Waals surface area contributed by atoms with Crippen LogP contribution < -0.4 is 9.80 Å². The Morgan fingerprint density at radius 2 is 1.57 bits per heavy atom. The van der Waals surface area contributed by atoms with Gasteiger partial charge in [0.05, 0.1) is 31.1 Å². The molecule has 0 aliphatic carbocycles. The van der Waals surface area contributed by atoms with Crippen LogP contribution in [0.3, 0.4) is 0 Å². The molecule has 5 rings (SSSR count). The molecule has 1 N–H and O–H groups in total. The number of ether oxygens (including phenoxy) is 1. The number of unbranched alkanes of at least 4 members (excludes halogenated alkanes) is 2. The minimum absolute atomic E-state index is 0.627. The van der Waals surface area contributed by atoms with Gasteiger partial charge in [0.25, 0.3) is 0 Å². The lowest BCUT2D eigenvalue weighted by atomic mass is 10.1. The molecule has 0 bridgehead atoms. The summed E-state index contributed by atoms with van der Waals surface area (Å²) in [5.41, 5.74) is 8.15. The van der Waals surface area contributed by atoms with Crippen molar-refractivity contribution in [3.8, 4) is 0 Å². The number of hydrogen-bond donors (Lipinski definition) is 1. The summed E-state index contributed by atoms with van der Waals surface area (Å²) in [4.78, 5) is 7.53. The third kappa shape index (κ3) is 12.2. The van der Waals surface area contributed by atoms with Crippen molar-refractivity contribution in [3.63, 3.8) is 0 Å². The fraction of sp³-hybridized carbons (Fsp3) is 0.525. The maximum atomic E-state index is 9.15. The van der Waals surface area contributed by atoms with Crippen LogP contribution in [0.1, 0.15) is 62.1 Å². The summed E-state index contributed by atoms with van der Waals surface area (Å²) in [5.74, 6) is 0.933. The van der Waals surface area contributed by atoms with Crippen molar-refractivity contribution in [1.29, 1.82) is 0 Å². The summed E-state index contributed by atoms with van der Waals surface area (Å²) >= 11 is 0. The van der Waals surface area contributed by atoms with Crippen molar-refractivity contribution >= 4 is 23.3 Å². The van der Waals surface area contributed by atoms with Crippen LogP contribution in [0.4, 0.5) is 11.4 Å². The predicted octanol–water partition coefficient (Wildman–Crippen LogP) is 6.41. The first-order chi connectivity index (χ1) is 23.9. The Kier molecular flexibility index (Phi) is 14.3. The van der Waals surface area contributed by atoms with Gasteiger partial charge in [-0.05, 0) is 88.9 Å². The van der Waals surface area contributed by atoms with Gasteiger partial charge in [-0.15, -0.1) is 0 Å². The van der Waals surface area contributed by atoms with Crippen molar-refractivity contribution in [2.75, 3.05) is 81.9 Å².